The van der Waals surface area contributed by atoms with Gasteiger partial charge in [-0.1, -0.05) is 18.2 Å². The molecule has 6 nitrogen and oxygen atoms in total. The largest absolute Gasteiger partial charge is 0.279 e. The van der Waals surface area contributed by atoms with Crippen LogP contribution in [0, 0.1) is 10.1 Å². The number of alkyl halides is 1. The standard InChI is InChI=1S/C8H9BrN2O4S/c9-8(11(12)13)6-10-16(14,15)7-4-2-1-3-5-7/h1-5,8,10H,6H2. The third-order valence-corrected chi connectivity index (χ3v) is 3.82. The number of sulfonamides is 1. The molecule has 0 radical (unpaired) electrons. The van der Waals surface area contributed by atoms with E-state index in [1.807, 2.05) is 0 Å². The van der Waals surface area contributed by atoms with E-state index >= 15 is 0 Å². The van der Waals surface area contributed by atoms with Crippen molar-refractivity contribution in [3.8, 4) is 0 Å². The molecular weight excluding hydrogens is 300 g/mol. The highest BCUT2D eigenvalue weighted by Crippen LogP contribution is 2.08. The average molecular weight is 309 g/mol. The SMILES string of the molecule is O=[N+]([O-])C(Br)CNS(=O)(=O)c1ccccc1. The maximum atomic E-state index is 11.6. The van der Waals surface area contributed by atoms with Crippen LogP contribution in [0.3, 0.4) is 0 Å². The van der Waals surface area contributed by atoms with Gasteiger partial charge in [0.05, 0.1) is 11.4 Å². The molecule has 1 rings (SSSR count). The summed E-state index contributed by atoms with van der Waals surface area (Å²) in [4.78, 5) is 8.61. The van der Waals surface area contributed by atoms with Gasteiger partial charge < -0.3 is 0 Å². The van der Waals surface area contributed by atoms with Crippen LogP contribution in [0.15, 0.2) is 35.2 Å². The minimum absolute atomic E-state index is 0.0815. The molecule has 0 saturated carbocycles. The first-order valence-corrected chi connectivity index (χ1v) is 6.65. The van der Waals surface area contributed by atoms with Gasteiger partial charge >= 0.3 is 0 Å². The highest BCUT2D eigenvalue weighted by Gasteiger charge is 2.20. The van der Waals surface area contributed by atoms with E-state index in [2.05, 4.69) is 20.7 Å². The molecule has 16 heavy (non-hydrogen) atoms. The van der Waals surface area contributed by atoms with Gasteiger partial charge in [0.2, 0.25) is 10.0 Å². The van der Waals surface area contributed by atoms with Crippen LogP contribution in [-0.4, -0.2) is 24.8 Å². The van der Waals surface area contributed by atoms with Gasteiger partial charge in [-0.05, 0) is 28.1 Å². The van der Waals surface area contributed by atoms with Crippen LogP contribution in [0.1, 0.15) is 0 Å². The van der Waals surface area contributed by atoms with Crippen molar-refractivity contribution in [2.75, 3.05) is 6.54 Å². The summed E-state index contributed by atoms with van der Waals surface area (Å²) in [7, 11) is -3.67. The highest BCUT2D eigenvalue weighted by atomic mass is 79.9. The lowest BCUT2D eigenvalue weighted by molar-refractivity contribution is -0.490. The van der Waals surface area contributed by atoms with Crippen molar-refractivity contribution in [3.05, 3.63) is 40.4 Å². The molecule has 1 aromatic carbocycles. The summed E-state index contributed by atoms with van der Waals surface area (Å²) in [6.07, 6.45) is 0. The monoisotopic (exact) mass is 308 g/mol. The fourth-order valence-electron chi connectivity index (χ4n) is 0.936. The number of nitrogens with one attached hydrogen (secondary N) is 1. The van der Waals surface area contributed by atoms with Gasteiger partial charge in [0, 0.05) is 4.92 Å². The van der Waals surface area contributed by atoms with E-state index in [-0.39, 0.29) is 11.4 Å². The normalized spacial score (nSPS) is 13.3. The van der Waals surface area contributed by atoms with E-state index in [0.717, 1.165) is 0 Å². The average Bonchev–Trinajstić information content (AvgIpc) is 2.27. The maximum absolute atomic E-state index is 11.6. The van der Waals surface area contributed by atoms with Crippen molar-refractivity contribution in [3.63, 3.8) is 0 Å². The molecule has 8 heteroatoms. The van der Waals surface area contributed by atoms with Crippen molar-refractivity contribution < 1.29 is 13.3 Å². The summed E-state index contributed by atoms with van der Waals surface area (Å²) in [6, 6.07) is 7.67. The Morgan fingerprint density at radius 1 is 1.38 bits per heavy atom. The molecule has 0 bridgehead atoms. The summed E-state index contributed by atoms with van der Waals surface area (Å²) in [5.41, 5.74) is 0. The second-order valence-corrected chi connectivity index (χ2v) is 5.71. The first-order chi connectivity index (χ1) is 7.43. The fraction of sp³-hybridized carbons (Fsp3) is 0.250. The van der Waals surface area contributed by atoms with Gasteiger partial charge in [0.1, 0.15) is 0 Å². The maximum Gasteiger partial charge on any atom is 0.279 e. The zero-order valence-electron chi connectivity index (χ0n) is 8.04. The minimum atomic E-state index is -3.67. The number of nitrogens with zero attached hydrogens (tertiary/aromatic N) is 1. The molecule has 1 atom stereocenters. The Kier molecular flexibility index (Phi) is 4.39. The van der Waals surface area contributed by atoms with Crippen LogP contribution in [0.25, 0.3) is 0 Å². The Morgan fingerprint density at radius 2 is 1.94 bits per heavy atom. The summed E-state index contributed by atoms with van der Waals surface area (Å²) in [5, 5.41) is 10.3. The van der Waals surface area contributed by atoms with Crippen LogP contribution in [0.2, 0.25) is 0 Å². The van der Waals surface area contributed by atoms with E-state index in [0.29, 0.717) is 0 Å². The smallest absolute Gasteiger partial charge is 0.263 e. The Hall–Kier alpha value is -0.990. The molecule has 0 aliphatic carbocycles. The van der Waals surface area contributed by atoms with Crippen LogP contribution >= 0.6 is 15.9 Å². The van der Waals surface area contributed by atoms with Gasteiger partial charge in [-0.25, -0.2) is 13.1 Å². The molecular formula is C8H9BrN2O4S. The van der Waals surface area contributed by atoms with Crippen molar-refractivity contribution in [1.82, 2.24) is 4.72 Å². The molecule has 0 fully saturated rings. The molecule has 1 unspecified atom stereocenters. The van der Waals surface area contributed by atoms with Gasteiger partial charge in [-0.2, -0.15) is 0 Å². The third kappa shape index (κ3) is 3.54. The Balaban J connectivity index is 2.71. The topological polar surface area (TPSA) is 89.3 Å². The molecule has 0 amide bonds. The Bertz CT molecular complexity index is 462. The first kappa shape index (κ1) is 13.1. The number of nitro groups is 1. The van der Waals surface area contributed by atoms with Crippen molar-refractivity contribution in [1.29, 1.82) is 0 Å². The van der Waals surface area contributed by atoms with Gasteiger partial charge in [-0.15, -0.1) is 0 Å². The number of benzene rings is 1. The van der Waals surface area contributed by atoms with E-state index in [1.165, 1.54) is 12.1 Å². The number of halogens is 1. The van der Waals surface area contributed by atoms with Crippen LogP contribution in [-0.2, 0) is 10.0 Å². The zero-order valence-corrected chi connectivity index (χ0v) is 10.4. The van der Waals surface area contributed by atoms with Crippen molar-refractivity contribution >= 4 is 26.0 Å². The lowest BCUT2D eigenvalue weighted by Crippen LogP contribution is -2.33. The quantitative estimate of drug-likeness (QED) is 0.380. The van der Waals surface area contributed by atoms with Gasteiger partial charge in [0.25, 0.3) is 4.95 Å². The number of rotatable bonds is 5. The Morgan fingerprint density at radius 3 is 2.44 bits per heavy atom. The molecule has 0 spiro atoms. The van der Waals surface area contributed by atoms with Gasteiger partial charge in [-0.3, -0.25) is 10.1 Å². The third-order valence-electron chi connectivity index (χ3n) is 1.72. The second kappa shape index (κ2) is 5.37. The predicted molar refractivity (Wildman–Crippen MR) is 61.3 cm³/mol. The first-order valence-electron chi connectivity index (χ1n) is 4.26. The summed E-state index contributed by atoms with van der Waals surface area (Å²) >= 11 is 2.74. The summed E-state index contributed by atoms with van der Waals surface area (Å²) in [5.74, 6) is 0. The second-order valence-electron chi connectivity index (χ2n) is 2.88. The van der Waals surface area contributed by atoms with E-state index < -0.39 is 19.9 Å². The minimum Gasteiger partial charge on any atom is -0.263 e. The zero-order chi connectivity index (χ0) is 12.2. The molecule has 88 valence electrons. The number of hydrogen-bond acceptors (Lipinski definition) is 4. The fourth-order valence-corrected chi connectivity index (χ4v) is 2.37. The number of hydrogen-bond donors (Lipinski definition) is 1. The van der Waals surface area contributed by atoms with E-state index in [1.54, 1.807) is 18.2 Å². The van der Waals surface area contributed by atoms with Crippen LogP contribution < -0.4 is 4.72 Å². The molecule has 0 aliphatic heterocycles. The van der Waals surface area contributed by atoms with Gasteiger partial charge in [0.15, 0.2) is 0 Å². The predicted octanol–water partition coefficient (Wildman–Crippen LogP) is 0.963. The lowest BCUT2D eigenvalue weighted by Gasteiger charge is -2.06. The van der Waals surface area contributed by atoms with E-state index in [9.17, 15) is 18.5 Å². The van der Waals surface area contributed by atoms with Crippen LogP contribution in [0.5, 0.6) is 0 Å². The Labute approximate surface area is 101 Å². The van der Waals surface area contributed by atoms with Crippen molar-refractivity contribution in [2.24, 2.45) is 0 Å². The summed E-state index contributed by atoms with van der Waals surface area (Å²) in [6.45, 7) is -0.301. The van der Waals surface area contributed by atoms with Crippen molar-refractivity contribution in [2.45, 2.75) is 9.85 Å². The summed E-state index contributed by atoms with van der Waals surface area (Å²) < 4.78 is 25.3. The molecule has 0 aromatic heterocycles. The van der Waals surface area contributed by atoms with Crippen LogP contribution in [0.4, 0.5) is 0 Å². The molecule has 0 heterocycles. The molecule has 1 N–H and O–H groups in total. The molecule has 1 aromatic rings. The molecule has 0 aliphatic rings. The van der Waals surface area contributed by atoms with E-state index in [4.69, 9.17) is 0 Å². The molecule has 0 saturated heterocycles. The highest BCUT2D eigenvalue weighted by molar-refractivity contribution is 9.09. The lowest BCUT2D eigenvalue weighted by atomic mass is 10.4.